The fraction of sp³-hybridized carbons (Fsp3) is 0.393. The molecule has 2 amide bonds. The molecule has 0 saturated carbocycles. The van der Waals surface area contributed by atoms with Crippen molar-refractivity contribution in [2.75, 3.05) is 43.5 Å². The molecule has 3 heterocycles. The van der Waals surface area contributed by atoms with Crippen LogP contribution in [0.2, 0.25) is 0 Å². The van der Waals surface area contributed by atoms with Crippen molar-refractivity contribution in [1.82, 2.24) is 14.7 Å². The van der Waals surface area contributed by atoms with Crippen molar-refractivity contribution in [3.63, 3.8) is 0 Å². The predicted octanol–water partition coefficient (Wildman–Crippen LogP) is 4.48. The van der Waals surface area contributed by atoms with Crippen molar-refractivity contribution in [2.24, 2.45) is 0 Å². The van der Waals surface area contributed by atoms with Crippen molar-refractivity contribution in [1.29, 1.82) is 0 Å². The van der Waals surface area contributed by atoms with Gasteiger partial charge in [-0.1, -0.05) is 32.9 Å². The summed E-state index contributed by atoms with van der Waals surface area (Å²) in [6.45, 7) is 7.71. The predicted molar refractivity (Wildman–Crippen MR) is 143 cm³/mol. The quantitative estimate of drug-likeness (QED) is 0.488. The molecule has 38 heavy (non-hydrogen) atoms. The highest BCUT2D eigenvalue weighted by atomic mass is 32.2. The molecule has 2 aliphatic heterocycles. The first-order chi connectivity index (χ1) is 18.1. The summed E-state index contributed by atoms with van der Waals surface area (Å²) in [5.41, 5.74) is 2.28. The molecule has 1 aromatic heterocycles. The van der Waals surface area contributed by atoms with Crippen molar-refractivity contribution >= 4 is 29.4 Å². The molecule has 10 heteroatoms. The number of fused-ring (bicyclic) bond motifs is 1. The zero-order valence-electron chi connectivity index (χ0n) is 21.6. The van der Waals surface area contributed by atoms with Gasteiger partial charge in [0.15, 0.2) is 0 Å². The van der Waals surface area contributed by atoms with Crippen LogP contribution < -0.4 is 4.90 Å². The van der Waals surface area contributed by atoms with Gasteiger partial charge in [0.1, 0.15) is 24.0 Å². The Morgan fingerprint density at radius 1 is 1.08 bits per heavy atom. The molecule has 3 aromatic rings. The Labute approximate surface area is 224 Å². The molecule has 7 nitrogen and oxygen atoms in total. The van der Waals surface area contributed by atoms with E-state index >= 15 is 0 Å². The molecule has 0 unspecified atom stereocenters. The number of nitrogens with zero attached hydrogens (tertiary/aromatic N) is 4. The summed E-state index contributed by atoms with van der Waals surface area (Å²) < 4.78 is 35.2. The number of carbonyl (C=O) groups excluding carboxylic acids is 2. The van der Waals surface area contributed by atoms with E-state index in [1.54, 1.807) is 27.8 Å². The third kappa shape index (κ3) is 5.19. The van der Waals surface area contributed by atoms with Gasteiger partial charge in [-0.25, -0.2) is 13.5 Å². The van der Waals surface area contributed by atoms with Gasteiger partial charge in [0.05, 0.1) is 35.6 Å². The number of hydrogen-bond donors (Lipinski definition) is 0. The summed E-state index contributed by atoms with van der Waals surface area (Å²) in [7, 11) is 0. The molecule has 2 aromatic carbocycles. The van der Waals surface area contributed by atoms with Crippen LogP contribution in [-0.2, 0) is 19.7 Å². The zero-order chi connectivity index (χ0) is 27.0. The largest absolute Gasteiger partial charge is 0.378 e. The maximum atomic E-state index is 14.4. The highest BCUT2D eigenvalue weighted by Gasteiger charge is 2.40. The number of rotatable bonds is 4. The SMILES string of the molecule is CC(C)(C)c1nn(-c2ccc(F)cc2)c2c1[C@H](c1cccc(F)c1)SCC(=O)N2CC(=O)N1CCOCC1. The van der Waals surface area contributed by atoms with E-state index in [4.69, 9.17) is 9.84 Å². The van der Waals surface area contributed by atoms with E-state index in [0.717, 1.165) is 11.3 Å². The number of benzene rings is 2. The van der Waals surface area contributed by atoms with Crippen LogP contribution in [0.4, 0.5) is 14.6 Å². The number of amides is 2. The Bertz CT molecular complexity index is 1350. The van der Waals surface area contributed by atoms with Gasteiger partial charge >= 0.3 is 0 Å². The third-order valence-corrected chi connectivity index (χ3v) is 7.93. The Kier molecular flexibility index (Phi) is 7.28. The van der Waals surface area contributed by atoms with E-state index in [0.29, 0.717) is 43.4 Å². The highest BCUT2D eigenvalue weighted by Crippen LogP contribution is 2.48. The van der Waals surface area contributed by atoms with E-state index < -0.39 is 16.5 Å². The minimum Gasteiger partial charge on any atom is -0.378 e. The van der Waals surface area contributed by atoms with Gasteiger partial charge in [0.2, 0.25) is 11.8 Å². The van der Waals surface area contributed by atoms with Gasteiger partial charge in [-0.15, -0.1) is 11.8 Å². The molecule has 1 fully saturated rings. The number of ether oxygens (including phenoxy) is 1. The van der Waals surface area contributed by atoms with E-state index in [1.165, 1.54) is 40.9 Å². The maximum absolute atomic E-state index is 14.4. The lowest BCUT2D eigenvalue weighted by Gasteiger charge is -2.30. The average Bonchev–Trinajstić information content (AvgIpc) is 3.22. The minimum atomic E-state index is -0.450. The van der Waals surface area contributed by atoms with Crippen molar-refractivity contribution < 1.29 is 23.1 Å². The molecule has 0 spiro atoms. The molecule has 1 saturated heterocycles. The molecule has 1 atom stereocenters. The molecule has 0 bridgehead atoms. The van der Waals surface area contributed by atoms with Crippen LogP contribution in [0.3, 0.4) is 0 Å². The highest BCUT2D eigenvalue weighted by molar-refractivity contribution is 8.00. The monoisotopic (exact) mass is 540 g/mol. The number of aromatic nitrogens is 2. The molecule has 200 valence electrons. The van der Waals surface area contributed by atoms with E-state index in [9.17, 15) is 18.4 Å². The standard InChI is InChI=1S/C28H30F2N4O3S/c1-28(2,3)26-24-25(18-5-4-6-20(30)15-18)38-17-23(36)33(16-22(35)32-11-13-37-14-12-32)27(24)34(31-26)21-9-7-19(29)8-10-21/h4-10,15,25H,11-14,16-17H2,1-3H3/t25-/m0/s1. The van der Waals surface area contributed by atoms with Crippen LogP contribution in [0.5, 0.6) is 0 Å². The van der Waals surface area contributed by atoms with E-state index in [1.807, 2.05) is 26.8 Å². The normalized spacial score (nSPS) is 18.3. The Morgan fingerprint density at radius 3 is 2.45 bits per heavy atom. The van der Waals surface area contributed by atoms with Crippen molar-refractivity contribution in [3.8, 4) is 5.69 Å². The second-order valence-electron chi connectivity index (χ2n) is 10.4. The van der Waals surface area contributed by atoms with Crippen LogP contribution in [0, 0.1) is 11.6 Å². The number of morpholine rings is 1. The molecular weight excluding hydrogens is 510 g/mol. The molecular formula is C28H30F2N4O3S. The Morgan fingerprint density at radius 2 is 1.79 bits per heavy atom. The summed E-state index contributed by atoms with van der Waals surface area (Å²) in [6, 6.07) is 12.2. The lowest BCUT2D eigenvalue weighted by Crippen LogP contribution is -2.48. The van der Waals surface area contributed by atoms with Gasteiger partial charge in [0.25, 0.3) is 0 Å². The van der Waals surface area contributed by atoms with Gasteiger partial charge < -0.3 is 9.64 Å². The van der Waals surface area contributed by atoms with Gasteiger partial charge in [-0.05, 0) is 42.0 Å². The number of anilines is 1. The summed E-state index contributed by atoms with van der Waals surface area (Å²) in [6.07, 6.45) is 0. The summed E-state index contributed by atoms with van der Waals surface area (Å²) in [5, 5.41) is 4.55. The van der Waals surface area contributed by atoms with Crippen LogP contribution >= 0.6 is 11.8 Å². The maximum Gasteiger partial charge on any atom is 0.242 e. The summed E-state index contributed by atoms with van der Waals surface area (Å²) in [5.74, 6) is -0.660. The van der Waals surface area contributed by atoms with E-state index in [-0.39, 0.29) is 29.9 Å². The zero-order valence-corrected chi connectivity index (χ0v) is 22.4. The smallest absolute Gasteiger partial charge is 0.242 e. The lowest BCUT2D eigenvalue weighted by atomic mass is 9.87. The second kappa shape index (κ2) is 10.5. The number of thioether (sulfide) groups is 1. The first-order valence-electron chi connectivity index (χ1n) is 12.6. The fourth-order valence-corrected chi connectivity index (χ4v) is 6.00. The minimum absolute atomic E-state index is 0.0965. The lowest BCUT2D eigenvalue weighted by molar-refractivity contribution is -0.134. The van der Waals surface area contributed by atoms with Crippen LogP contribution in [0.15, 0.2) is 48.5 Å². The molecule has 0 radical (unpaired) electrons. The van der Waals surface area contributed by atoms with Crippen LogP contribution in [-0.4, -0.2) is 65.1 Å². The average molecular weight is 541 g/mol. The summed E-state index contributed by atoms with van der Waals surface area (Å²) >= 11 is 1.39. The number of carbonyl (C=O) groups is 2. The topological polar surface area (TPSA) is 67.7 Å². The molecule has 5 rings (SSSR count). The number of hydrogen-bond acceptors (Lipinski definition) is 5. The Hall–Kier alpha value is -3.24. The third-order valence-electron chi connectivity index (χ3n) is 6.68. The first kappa shape index (κ1) is 26.4. The van der Waals surface area contributed by atoms with Crippen molar-refractivity contribution in [2.45, 2.75) is 31.4 Å². The Balaban J connectivity index is 1.73. The molecule has 0 N–H and O–H groups in total. The number of halogens is 2. The first-order valence-corrected chi connectivity index (χ1v) is 13.6. The van der Waals surface area contributed by atoms with Crippen LogP contribution in [0.1, 0.15) is 42.8 Å². The fourth-order valence-electron chi connectivity index (χ4n) is 4.82. The van der Waals surface area contributed by atoms with Crippen LogP contribution in [0.25, 0.3) is 5.69 Å². The van der Waals surface area contributed by atoms with Gasteiger partial charge in [-0.2, -0.15) is 5.10 Å². The van der Waals surface area contributed by atoms with Gasteiger partial charge in [0, 0.05) is 24.1 Å². The second-order valence-corrected chi connectivity index (χ2v) is 11.5. The van der Waals surface area contributed by atoms with E-state index in [2.05, 4.69) is 0 Å². The summed E-state index contributed by atoms with van der Waals surface area (Å²) in [4.78, 5) is 30.2. The molecule has 0 aliphatic carbocycles. The van der Waals surface area contributed by atoms with Gasteiger partial charge in [-0.3, -0.25) is 14.5 Å². The molecule has 2 aliphatic rings. The van der Waals surface area contributed by atoms with Crippen molar-refractivity contribution in [3.05, 3.63) is 77.0 Å².